The lowest BCUT2D eigenvalue weighted by Crippen LogP contribution is -2.29. The van der Waals surface area contributed by atoms with Crippen LogP contribution in [0.25, 0.3) is 5.76 Å². The quantitative estimate of drug-likeness (QED) is 0.334. The van der Waals surface area contributed by atoms with E-state index < -0.39 is 29.3 Å². The molecule has 3 aromatic rings. The van der Waals surface area contributed by atoms with E-state index in [2.05, 4.69) is 5.32 Å². The van der Waals surface area contributed by atoms with Crippen molar-refractivity contribution in [2.24, 2.45) is 0 Å². The third-order valence-electron chi connectivity index (χ3n) is 5.46. The van der Waals surface area contributed by atoms with Gasteiger partial charge in [-0.2, -0.15) is 0 Å². The lowest BCUT2D eigenvalue weighted by molar-refractivity contribution is -0.132. The summed E-state index contributed by atoms with van der Waals surface area (Å²) in [5.41, 5.74) is 1.43. The Morgan fingerprint density at radius 3 is 2.26 bits per heavy atom. The predicted molar refractivity (Wildman–Crippen MR) is 125 cm³/mol. The summed E-state index contributed by atoms with van der Waals surface area (Å²) in [5, 5.41) is 13.7. The zero-order valence-electron chi connectivity index (χ0n) is 18.4. The third kappa shape index (κ3) is 4.13. The number of hydrogen-bond donors (Lipinski definition) is 2. The molecule has 1 aliphatic heterocycles. The van der Waals surface area contributed by atoms with Gasteiger partial charge in [0.1, 0.15) is 17.3 Å². The fourth-order valence-electron chi connectivity index (χ4n) is 3.96. The van der Waals surface area contributed by atoms with Gasteiger partial charge in [0.2, 0.25) is 5.91 Å². The minimum atomic E-state index is -1.01. The molecule has 0 bridgehead atoms. The molecule has 172 valence electrons. The van der Waals surface area contributed by atoms with Crippen molar-refractivity contribution >= 4 is 34.7 Å². The molecule has 1 aliphatic rings. The molecule has 0 aromatic heterocycles. The minimum absolute atomic E-state index is 0.146. The van der Waals surface area contributed by atoms with Crippen molar-refractivity contribution in [3.8, 4) is 5.75 Å². The molecule has 3 aromatic carbocycles. The number of carbonyl (C=O) groups excluding carboxylic acids is 3. The third-order valence-corrected chi connectivity index (χ3v) is 5.46. The Bertz CT molecular complexity index is 1300. The Labute approximate surface area is 195 Å². The van der Waals surface area contributed by atoms with E-state index in [1.165, 1.54) is 31.1 Å². The van der Waals surface area contributed by atoms with Gasteiger partial charge in [0.15, 0.2) is 0 Å². The second-order valence-corrected chi connectivity index (χ2v) is 7.65. The summed E-state index contributed by atoms with van der Waals surface area (Å²) < 4.78 is 18.9. The molecule has 4 rings (SSSR count). The molecule has 1 saturated heterocycles. The molecular formula is C26H21FN2O5. The number of ketones is 1. The first kappa shape index (κ1) is 22.7. The number of aliphatic hydroxyl groups is 1. The summed E-state index contributed by atoms with van der Waals surface area (Å²) in [4.78, 5) is 39.0. The van der Waals surface area contributed by atoms with Crippen LogP contribution in [0.15, 0.2) is 78.4 Å². The van der Waals surface area contributed by atoms with Crippen LogP contribution < -0.4 is 15.0 Å². The number of carbonyl (C=O) groups is 3. The highest BCUT2D eigenvalue weighted by Gasteiger charge is 2.47. The molecule has 0 radical (unpaired) electrons. The van der Waals surface area contributed by atoms with Crippen LogP contribution in [-0.4, -0.2) is 29.8 Å². The highest BCUT2D eigenvalue weighted by molar-refractivity contribution is 6.51. The number of anilines is 2. The molecule has 1 unspecified atom stereocenters. The molecule has 2 amide bonds. The van der Waals surface area contributed by atoms with Crippen molar-refractivity contribution in [1.82, 2.24) is 0 Å². The Morgan fingerprint density at radius 2 is 1.65 bits per heavy atom. The molecule has 0 saturated carbocycles. The van der Waals surface area contributed by atoms with Gasteiger partial charge in [-0.05, 0) is 54.6 Å². The standard InChI is InChI=1S/C26H21FN2O5/c1-15(30)28-18-11-13-19(14-12-18)29-23(20-5-3-4-6-21(20)34-2)22(25(32)26(29)33)24(31)16-7-9-17(27)10-8-16/h3-14,23,31H,1-2H3,(H,28,30)/b24-22-. The van der Waals surface area contributed by atoms with Crippen molar-refractivity contribution < 1.29 is 28.6 Å². The van der Waals surface area contributed by atoms with Gasteiger partial charge >= 0.3 is 0 Å². The van der Waals surface area contributed by atoms with Gasteiger partial charge in [-0.25, -0.2) is 4.39 Å². The number of hydrogen-bond acceptors (Lipinski definition) is 5. The van der Waals surface area contributed by atoms with Gasteiger partial charge in [0.25, 0.3) is 11.7 Å². The van der Waals surface area contributed by atoms with Crippen molar-refractivity contribution in [3.05, 3.63) is 95.3 Å². The fourth-order valence-corrected chi connectivity index (χ4v) is 3.96. The molecule has 1 fully saturated rings. The highest BCUT2D eigenvalue weighted by Crippen LogP contribution is 2.44. The number of nitrogens with one attached hydrogen (secondary N) is 1. The number of aliphatic hydroxyl groups excluding tert-OH is 1. The van der Waals surface area contributed by atoms with Crippen molar-refractivity contribution in [2.45, 2.75) is 13.0 Å². The van der Waals surface area contributed by atoms with Crippen LogP contribution in [0.2, 0.25) is 0 Å². The van der Waals surface area contributed by atoms with Gasteiger partial charge in [-0.3, -0.25) is 19.3 Å². The van der Waals surface area contributed by atoms with E-state index in [-0.39, 0.29) is 17.0 Å². The van der Waals surface area contributed by atoms with E-state index in [4.69, 9.17) is 4.74 Å². The number of halogens is 1. The maximum atomic E-state index is 13.4. The van der Waals surface area contributed by atoms with E-state index >= 15 is 0 Å². The molecule has 1 heterocycles. The van der Waals surface area contributed by atoms with Gasteiger partial charge in [0.05, 0.1) is 18.7 Å². The van der Waals surface area contributed by atoms with E-state index in [0.717, 1.165) is 12.1 Å². The van der Waals surface area contributed by atoms with E-state index in [9.17, 15) is 23.9 Å². The number of amides is 2. The molecule has 2 N–H and O–H groups in total. The number of methoxy groups -OCH3 is 1. The van der Waals surface area contributed by atoms with E-state index in [0.29, 0.717) is 22.7 Å². The Balaban J connectivity index is 1.91. The average molecular weight is 460 g/mol. The predicted octanol–water partition coefficient (Wildman–Crippen LogP) is 4.42. The van der Waals surface area contributed by atoms with Crippen LogP contribution in [-0.2, 0) is 14.4 Å². The molecule has 8 heteroatoms. The SMILES string of the molecule is COc1ccccc1C1/C(=C(/O)c2ccc(F)cc2)C(=O)C(=O)N1c1ccc(NC(C)=O)cc1. The number of para-hydroxylation sites is 1. The van der Waals surface area contributed by atoms with Crippen molar-refractivity contribution in [1.29, 1.82) is 0 Å². The number of nitrogens with zero attached hydrogens (tertiary/aromatic N) is 1. The highest BCUT2D eigenvalue weighted by atomic mass is 19.1. The first-order chi connectivity index (χ1) is 16.3. The van der Waals surface area contributed by atoms with Gasteiger partial charge in [0, 0.05) is 29.4 Å². The summed E-state index contributed by atoms with van der Waals surface area (Å²) in [6.45, 7) is 1.38. The lowest BCUT2D eigenvalue weighted by atomic mass is 9.94. The summed E-state index contributed by atoms with van der Waals surface area (Å²) in [6, 6.07) is 17.2. The molecule has 0 spiro atoms. The molecule has 1 atom stereocenters. The van der Waals surface area contributed by atoms with Crippen molar-refractivity contribution in [3.63, 3.8) is 0 Å². The Kier molecular flexibility index (Phi) is 6.14. The smallest absolute Gasteiger partial charge is 0.300 e. The van der Waals surface area contributed by atoms with Gasteiger partial charge in [-0.1, -0.05) is 18.2 Å². The first-order valence-corrected chi connectivity index (χ1v) is 10.4. The molecule has 7 nitrogen and oxygen atoms in total. The maximum Gasteiger partial charge on any atom is 0.300 e. The van der Waals surface area contributed by atoms with Crippen LogP contribution in [0.5, 0.6) is 5.75 Å². The minimum Gasteiger partial charge on any atom is -0.507 e. The summed E-state index contributed by atoms with van der Waals surface area (Å²) in [5.74, 6) is -2.49. The lowest BCUT2D eigenvalue weighted by Gasteiger charge is -2.26. The van der Waals surface area contributed by atoms with Crippen LogP contribution in [0.1, 0.15) is 24.1 Å². The number of Topliss-reactive ketones (excluding diaryl/α,β-unsaturated/α-hetero) is 1. The average Bonchev–Trinajstić information content (AvgIpc) is 3.09. The van der Waals surface area contributed by atoms with Crippen molar-refractivity contribution in [2.75, 3.05) is 17.3 Å². The number of ether oxygens (including phenoxy) is 1. The largest absolute Gasteiger partial charge is 0.507 e. The van der Waals surface area contributed by atoms with Gasteiger partial charge < -0.3 is 15.2 Å². The number of rotatable bonds is 5. The first-order valence-electron chi connectivity index (χ1n) is 10.4. The van der Waals surface area contributed by atoms with Crippen LogP contribution >= 0.6 is 0 Å². The van der Waals surface area contributed by atoms with E-state index in [1.54, 1.807) is 48.5 Å². The van der Waals surface area contributed by atoms with Gasteiger partial charge in [-0.15, -0.1) is 0 Å². The van der Waals surface area contributed by atoms with Crippen LogP contribution in [0.4, 0.5) is 15.8 Å². The monoisotopic (exact) mass is 460 g/mol. The van der Waals surface area contributed by atoms with Crippen LogP contribution in [0, 0.1) is 5.82 Å². The molecular weight excluding hydrogens is 439 g/mol. The van der Waals surface area contributed by atoms with E-state index in [1.807, 2.05) is 0 Å². The number of benzene rings is 3. The molecule has 0 aliphatic carbocycles. The summed E-state index contributed by atoms with van der Waals surface area (Å²) >= 11 is 0. The second kappa shape index (κ2) is 9.19. The normalized spacial score (nSPS) is 17.0. The topological polar surface area (TPSA) is 95.9 Å². The fraction of sp³-hybridized carbons (Fsp3) is 0.115. The summed E-state index contributed by atoms with van der Waals surface area (Å²) in [6.07, 6.45) is 0. The zero-order chi connectivity index (χ0) is 24.4. The summed E-state index contributed by atoms with van der Waals surface area (Å²) in [7, 11) is 1.47. The zero-order valence-corrected chi connectivity index (χ0v) is 18.4. The second-order valence-electron chi connectivity index (χ2n) is 7.65. The Morgan fingerprint density at radius 1 is 1.00 bits per heavy atom. The Hall–Kier alpha value is -4.46. The molecule has 34 heavy (non-hydrogen) atoms. The maximum absolute atomic E-state index is 13.4. The van der Waals surface area contributed by atoms with Crippen LogP contribution in [0.3, 0.4) is 0 Å².